The Kier molecular flexibility index (Phi) is 11.3. The Labute approximate surface area is 185 Å². The van der Waals surface area contributed by atoms with Crippen LogP contribution in [-0.2, 0) is 19.2 Å². The van der Waals surface area contributed by atoms with Crippen LogP contribution in [0.4, 0.5) is 0 Å². The van der Waals surface area contributed by atoms with Gasteiger partial charge in [0.05, 0.1) is 0 Å². The van der Waals surface area contributed by atoms with Gasteiger partial charge < -0.3 is 15.4 Å². The van der Waals surface area contributed by atoms with E-state index < -0.39 is 6.04 Å². The van der Waals surface area contributed by atoms with Gasteiger partial charge in [0.1, 0.15) is 11.9 Å². The number of nitrogens with zero attached hydrogens (tertiary/aromatic N) is 1. The van der Waals surface area contributed by atoms with E-state index in [0.717, 1.165) is 37.2 Å². The Morgan fingerprint density at radius 2 is 1.90 bits per heavy atom. The van der Waals surface area contributed by atoms with Gasteiger partial charge in [-0.25, -0.2) is 10.3 Å². The van der Waals surface area contributed by atoms with Crippen LogP contribution in [0.1, 0.15) is 72.1 Å². The first-order valence-electron chi connectivity index (χ1n) is 11.5. The Morgan fingerprint density at radius 1 is 1.16 bits per heavy atom. The molecule has 8 heteroatoms. The average molecular weight is 435 g/mol. The molecule has 1 saturated carbocycles. The molecular formula is C23H38N4O4. The Balaban J connectivity index is 1.73. The zero-order chi connectivity index (χ0) is 22.5. The lowest BCUT2D eigenvalue weighted by molar-refractivity contribution is -0.198. The number of aliphatic imine (C=N–C) groups is 1. The second kappa shape index (κ2) is 14.0. The zero-order valence-electron chi connectivity index (χ0n) is 19.1. The van der Waals surface area contributed by atoms with Gasteiger partial charge >= 0.3 is 0 Å². The highest BCUT2D eigenvalue weighted by atomic mass is 16.8. The predicted molar refractivity (Wildman–Crippen MR) is 121 cm³/mol. The molecule has 31 heavy (non-hydrogen) atoms. The molecule has 0 aromatic heterocycles. The van der Waals surface area contributed by atoms with Crippen molar-refractivity contribution in [2.45, 2.75) is 84.5 Å². The minimum Gasteiger partial charge on any atom is -0.354 e. The number of carbonyl (C=O) groups is 2. The van der Waals surface area contributed by atoms with Crippen LogP contribution in [0.2, 0.25) is 0 Å². The summed E-state index contributed by atoms with van der Waals surface area (Å²) in [6.07, 6.45) is 12.9. The van der Waals surface area contributed by atoms with Crippen LogP contribution < -0.4 is 16.1 Å². The first-order valence-corrected chi connectivity index (χ1v) is 11.5. The largest absolute Gasteiger partial charge is 0.354 e. The normalized spacial score (nSPS) is 21.8. The lowest BCUT2D eigenvalue weighted by atomic mass is 10.1. The zero-order valence-corrected chi connectivity index (χ0v) is 19.1. The van der Waals surface area contributed by atoms with Crippen molar-refractivity contribution in [3.8, 4) is 0 Å². The molecule has 0 spiro atoms. The summed E-state index contributed by atoms with van der Waals surface area (Å²) in [5.41, 5.74) is 3.22. The van der Waals surface area contributed by atoms with E-state index in [4.69, 9.17) is 9.57 Å². The highest BCUT2D eigenvalue weighted by Gasteiger charge is 2.18. The number of rotatable bonds is 10. The Bertz CT molecular complexity index is 662. The first-order chi connectivity index (χ1) is 15.0. The lowest BCUT2D eigenvalue weighted by Gasteiger charge is -2.21. The van der Waals surface area contributed by atoms with Crippen molar-refractivity contribution in [1.29, 1.82) is 0 Å². The van der Waals surface area contributed by atoms with Gasteiger partial charge in [-0.1, -0.05) is 25.8 Å². The van der Waals surface area contributed by atoms with Crippen molar-refractivity contribution in [2.75, 3.05) is 13.2 Å². The monoisotopic (exact) mass is 434 g/mol. The summed E-state index contributed by atoms with van der Waals surface area (Å²) < 4.78 is 5.40. The fourth-order valence-electron chi connectivity index (χ4n) is 3.54. The third kappa shape index (κ3) is 10.1. The van der Waals surface area contributed by atoms with Crippen LogP contribution in [0.3, 0.4) is 0 Å². The molecule has 0 radical (unpaired) electrons. The molecule has 2 atom stereocenters. The molecule has 8 nitrogen and oxygen atoms in total. The molecule has 2 amide bonds. The molecule has 2 rings (SSSR count). The standard InChI is InChI=1S/C23H38N4O4/c1-4-20(26-18(3)23(29)25-16-19-9-5-6-10-19)24-15-17(2)12-13-21(28)27-31-22-11-7-8-14-30-22/h12-13,15,18-19,22H,4-11,14,16H2,1-3H3,(H,24,26)(H,25,29)(H,27,28)/b13-12+,17-15+/t18-,22?/m1/s1. The molecule has 2 aliphatic rings. The molecule has 3 N–H and O–H groups in total. The third-order valence-corrected chi connectivity index (χ3v) is 5.50. The predicted octanol–water partition coefficient (Wildman–Crippen LogP) is 3.11. The van der Waals surface area contributed by atoms with E-state index in [1.165, 1.54) is 31.8 Å². The van der Waals surface area contributed by atoms with Crippen LogP contribution in [0.25, 0.3) is 0 Å². The van der Waals surface area contributed by atoms with E-state index in [2.05, 4.69) is 21.1 Å². The molecule has 0 aromatic rings. The van der Waals surface area contributed by atoms with E-state index in [9.17, 15) is 9.59 Å². The minimum absolute atomic E-state index is 0.0427. The number of ether oxygens (including phenoxy) is 1. The number of hydroxylamine groups is 1. The summed E-state index contributed by atoms with van der Waals surface area (Å²) in [6.45, 7) is 7.05. The van der Waals surface area contributed by atoms with Gasteiger partial charge in [0.25, 0.3) is 5.91 Å². The number of nitrogens with one attached hydrogen (secondary N) is 3. The second-order valence-corrected chi connectivity index (χ2v) is 8.25. The van der Waals surface area contributed by atoms with Crippen molar-refractivity contribution in [1.82, 2.24) is 16.1 Å². The topological polar surface area (TPSA) is 101 Å². The Hall–Kier alpha value is -2.19. The van der Waals surface area contributed by atoms with Crippen molar-refractivity contribution < 1.29 is 19.2 Å². The summed E-state index contributed by atoms with van der Waals surface area (Å²) in [5, 5.41) is 6.15. The third-order valence-electron chi connectivity index (χ3n) is 5.50. The van der Waals surface area contributed by atoms with Gasteiger partial charge in [-0.3, -0.25) is 14.6 Å². The van der Waals surface area contributed by atoms with E-state index in [-0.39, 0.29) is 18.1 Å². The van der Waals surface area contributed by atoms with Gasteiger partial charge in [0.2, 0.25) is 5.91 Å². The molecule has 2 fully saturated rings. The number of hydrogen-bond acceptors (Lipinski definition) is 5. The van der Waals surface area contributed by atoms with Crippen LogP contribution >= 0.6 is 0 Å². The summed E-state index contributed by atoms with van der Waals surface area (Å²) in [6, 6.07) is -0.446. The fraction of sp³-hybridized carbons (Fsp3) is 0.696. The van der Waals surface area contributed by atoms with Crippen LogP contribution in [0, 0.1) is 5.92 Å². The van der Waals surface area contributed by atoms with Crippen molar-refractivity contribution in [3.05, 3.63) is 23.9 Å². The van der Waals surface area contributed by atoms with Crippen LogP contribution in [-0.4, -0.2) is 43.1 Å². The highest BCUT2D eigenvalue weighted by molar-refractivity contribution is 5.89. The average Bonchev–Trinajstić information content (AvgIpc) is 3.31. The highest BCUT2D eigenvalue weighted by Crippen LogP contribution is 2.23. The minimum atomic E-state index is -0.446. The van der Waals surface area contributed by atoms with Gasteiger partial charge in [-0.2, -0.15) is 0 Å². The van der Waals surface area contributed by atoms with E-state index >= 15 is 0 Å². The first kappa shape index (κ1) is 25.1. The lowest BCUT2D eigenvalue weighted by Crippen LogP contribution is -2.36. The van der Waals surface area contributed by atoms with Gasteiger partial charge in [-0.15, -0.1) is 0 Å². The van der Waals surface area contributed by atoms with E-state index in [1.54, 1.807) is 19.2 Å². The number of allylic oxidation sites excluding steroid dienone is 2. The molecule has 0 aromatic carbocycles. The maximum Gasteiger partial charge on any atom is 0.267 e. The summed E-state index contributed by atoms with van der Waals surface area (Å²) in [5.74, 6) is 0.940. The molecule has 1 heterocycles. The second-order valence-electron chi connectivity index (χ2n) is 8.25. The van der Waals surface area contributed by atoms with Crippen LogP contribution in [0.15, 0.2) is 28.9 Å². The van der Waals surface area contributed by atoms with Gasteiger partial charge in [0.15, 0.2) is 6.29 Å². The van der Waals surface area contributed by atoms with Gasteiger partial charge in [-0.05, 0) is 51.0 Å². The molecule has 1 aliphatic carbocycles. The quantitative estimate of drug-likeness (QED) is 0.161. The maximum atomic E-state index is 12.3. The molecule has 1 unspecified atom stereocenters. The van der Waals surface area contributed by atoms with Crippen molar-refractivity contribution >= 4 is 17.6 Å². The fourth-order valence-corrected chi connectivity index (χ4v) is 3.54. The van der Waals surface area contributed by atoms with E-state index in [1.807, 2.05) is 13.8 Å². The smallest absolute Gasteiger partial charge is 0.267 e. The molecule has 1 saturated heterocycles. The van der Waals surface area contributed by atoms with Crippen molar-refractivity contribution in [2.24, 2.45) is 10.9 Å². The molecule has 174 valence electrons. The summed E-state index contributed by atoms with van der Waals surface area (Å²) in [4.78, 5) is 33.9. The van der Waals surface area contributed by atoms with Gasteiger partial charge in [0, 0.05) is 38.3 Å². The maximum absolute atomic E-state index is 12.3. The summed E-state index contributed by atoms with van der Waals surface area (Å²) in [7, 11) is 0. The van der Waals surface area contributed by atoms with Crippen LogP contribution in [0.5, 0.6) is 0 Å². The molecule has 1 aliphatic heterocycles. The number of carbonyl (C=O) groups excluding carboxylic acids is 2. The SMILES string of the molecule is CCC(=N[C@H](C)C(=O)NCC1CCCC1)N/C=C(C)/C=C/C(=O)NOC1CCCCO1. The summed E-state index contributed by atoms with van der Waals surface area (Å²) >= 11 is 0. The number of amidine groups is 1. The molecular weight excluding hydrogens is 396 g/mol. The van der Waals surface area contributed by atoms with Crippen molar-refractivity contribution in [3.63, 3.8) is 0 Å². The molecule has 0 bridgehead atoms. The number of hydrogen-bond donors (Lipinski definition) is 3. The number of amides is 2. The van der Waals surface area contributed by atoms with E-state index in [0.29, 0.717) is 18.9 Å². The Morgan fingerprint density at radius 3 is 2.58 bits per heavy atom.